The molecule has 6 nitrogen and oxygen atoms in total. The van der Waals surface area contributed by atoms with E-state index >= 15 is 0 Å². The number of nitrogens with two attached hydrogens (primary N) is 2. The number of hydrogen-bond acceptors (Lipinski definition) is 5. The van der Waals surface area contributed by atoms with Gasteiger partial charge < -0.3 is 10.6 Å². The number of pyridine rings is 1. The Balaban J connectivity index is 2.86. The van der Waals surface area contributed by atoms with E-state index in [-0.39, 0.29) is 10.3 Å². The summed E-state index contributed by atoms with van der Waals surface area (Å²) in [6.07, 6.45) is 1.26. The van der Waals surface area contributed by atoms with Gasteiger partial charge in [-0.1, -0.05) is 13.8 Å². The lowest BCUT2D eigenvalue weighted by atomic mass is 9.93. The summed E-state index contributed by atoms with van der Waals surface area (Å²) >= 11 is 0. The van der Waals surface area contributed by atoms with Gasteiger partial charge in [0, 0.05) is 19.8 Å². The van der Waals surface area contributed by atoms with Gasteiger partial charge in [-0.25, -0.2) is 18.5 Å². The van der Waals surface area contributed by atoms with Crippen LogP contribution >= 0.6 is 0 Å². The summed E-state index contributed by atoms with van der Waals surface area (Å²) in [6.45, 7) is 5.41. The molecule has 0 aromatic carbocycles. The van der Waals surface area contributed by atoms with Gasteiger partial charge >= 0.3 is 0 Å². The van der Waals surface area contributed by atoms with Crippen molar-refractivity contribution < 1.29 is 8.42 Å². The molecule has 0 radical (unpaired) electrons. The third-order valence-corrected chi connectivity index (χ3v) is 3.56. The zero-order chi connectivity index (χ0) is 14.0. The number of anilines is 1. The maximum atomic E-state index is 11.1. The van der Waals surface area contributed by atoms with Crippen LogP contribution in [0.5, 0.6) is 0 Å². The van der Waals surface area contributed by atoms with Crippen LogP contribution in [-0.4, -0.2) is 33.5 Å². The number of rotatable bonds is 5. The van der Waals surface area contributed by atoms with Gasteiger partial charge in [-0.3, -0.25) is 0 Å². The zero-order valence-corrected chi connectivity index (χ0v) is 11.7. The quantitative estimate of drug-likeness (QED) is 0.794. The smallest absolute Gasteiger partial charge is 0.239 e. The van der Waals surface area contributed by atoms with E-state index in [1.807, 2.05) is 11.9 Å². The highest BCUT2D eigenvalue weighted by molar-refractivity contribution is 7.89. The molecule has 0 aliphatic carbocycles. The number of aromatic nitrogens is 1. The molecule has 1 heterocycles. The van der Waals surface area contributed by atoms with Crippen molar-refractivity contribution in [2.45, 2.75) is 18.7 Å². The molecule has 0 unspecified atom stereocenters. The molecule has 0 bridgehead atoms. The average Bonchev–Trinajstić information content (AvgIpc) is 2.27. The maximum absolute atomic E-state index is 11.1. The summed E-state index contributed by atoms with van der Waals surface area (Å²) < 4.78 is 22.2. The number of sulfonamides is 1. The molecule has 0 amide bonds. The molecule has 0 atom stereocenters. The van der Waals surface area contributed by atoms with Crippen LogP contribution in [0.4, 0.5) is 5.82 Å². The Labute approximate surface area is 108 Å². The zero-order valence-electron chi connectivity index (χ0n) is 10.9. The monoisotopic (exact) mass is 272 g/mol. The van der Waals surface area contributed by atoms with Gasteiger partial charge in [0.15, 0.2) is 0 Å². The van der Waals surface area contributed by atoms with Crippen LogP contribution in [0.3, 0.4) is 0 Å². The highest BCUT2D eigenvalue weighted by Crippen LogP contribution is 2.19. The van der Waals surface area contributed by atoms with Gasteiger partial charge in [0.1, 0.15) is 10.7 Å². The standard InChI is InChI=1S/C11H20N4O2S/c1-11(2,7-12)8-15(3)10-5-4-9(6-14-10)18(13,16)17/h4-6H,7-8,12H2,1-3H3,(H2,13,16,17). The largest absolute Gasteiger partial charge is 0.359 e. The Hall–Kier alpha value is -1.18. The minimum atomic E-state index is -3.69. The van der Waals surface area contributed by atoms with Crippen molar-refractivity contribution in [2.75, 3.05) is 25.0 Å². The fourth-order valence-electron chi connectivity index (χ4n) is 1.55. The highest BCUT2D eigenvalue weighted by Gasteiger charge is 2.19. The lowest BCUT2D eigenvalue weighted by Crippen LogP contribution is -2.37. The summed E-state index contributed by atoms with van der Waals surface area (Å²) in [5, 5.41) is 5.01. The molecular formula is C11H20N4O2S. The molecule has 1 aromatic heterocycles. The Morgan fingerprint density at radius 2 is 2.00 bits per heavy atom. The van der Waals surface area contributed by atoms with Crippen molar-refractivity contribution in [3.8, 4) is 0 Å². The van der Waals surface area contributed by atoms with E-state index in [1.165, 1.54) is 12.3 Å². The fourth-order valence-corrected chi connectivity index (χ4v) is 2.01. The van der Waals surface area contributed by atoms with Gasteiger partial charge in [0.25, 0.3) is 0 Å². The predicted octanol–water partition coefficient (Wildman–Crippen LogP) is 0.150. The fraction of sp³-hybridized carbons (Fsp3) is 0.545. The van der Waals surface area contributed by atoms with E-state index in [4.69, 9.17) is 10.9 Å². The van der Waals surface area contributed by atoms with Crippen molar-refractivity contribution >= 4 is 15.8 Å². The van der Waals surface area contributed by atoms with Crippen molar-refractivity contribution in [2.24, 2.45) is 16.3 Å². The normalized spacial score (nSPS) is 12.5. The molecule has 0 saturated heterocycles. The Morgan fingerprint density at radius 1 is 1.39 bits per heavy atom. The van der Waals surface area contributed by atoms with E-state index in [2.05, 4.69) is 18.8 Å². The third kappa shape index (κ3) is 3.94. The number of nitrogens with zero attached hydrogens (tertiary/aromatic N) is 2. The van der Waals surface area contributed by atoms with Gasteiger partial charge in [0.2, 0.25) is 10.0 Å². The van der Waals surface area contributed by atoms with E-state index < -0.39 is 10.0 Å². The van der Waals surface area contributed by atoms with Crippen LogP contribution in [0.1, 0.15) is 13.8 Å². The van der Waals surface area contributed by atoms with Gasteiger partial charge in [-0.05, 0) is 24.1 Å². The molecule has 7 heteroatoms. The second-order valence-corrected chi connectivity index (χ2v) is 6.68. The Bertz CT molecular complexity index is 496. The minimum absolute atomic E-state index is 0.0118. The van der Waals surface area contributed by atoms with Crippen molar-refractivity contribution in [1.29, 1.82) is 0 Å². The Morgan fingerprint density at radius 3 is 2.39 bits per heavy atom. The van der Waals surface area contributed by atoms with Crippen LogP contribution in [0.2, 0.25) is 0 Å². The lowest BCUT2D eigenvalue weighted by Gasteiger charge is -2.29. The van der Waals surface area contributed by atoms with Crippen LogP contribution < -0.4 is 15.8 Å². The molecule has 0 aliphatic heterocycles. The van der Waals surface area contributed by atoms with E-state index in [1.54, 1.807) is 6.07 Å². The molecular weight excluding hydrogens is 252 g/mol. The first kappa shape index (κ1) is 14.9. The van der Waals surface area contributed by atoms with Crippen LogP contribution in [0.25, 0.3) is 0 Å². The van der Waals surface area contributed by atoms with E-state index in [0.29, 0.717) is 12.4 Å². The van der Waals surface area contributed by atoms with Crippen molar-refractivity contribution in [3.63, 3.8) is 0 Å². The molecule has 18 heavy (non-hydrogen) atoms. The molecule has 0 aliphatic rings. The van der Waals surface area contributed by atoms with Crippen LogP contribution in [0.15, 0.2) is 23.2 Å². The lowest BCUT2D eigenvalue weighted by molar-refractivity contribution is 0.384. The molecule has 1 rings (SSSR count). The second kappa shape index (κ2) is 5.21. The summed E-state index contributed by atoms with van der Waals surface area (Å²) in [7, 11) is -1.80. The van der Waals surface area contributed by atoms with E-state index in [0.717, 1.165) is 6.54 Å². The summed E-state index contributed by atoms with van der Waals surface area (Å²) in [5.74, 6) is 0.684. The average molecular weight is 272 g/mol. The molecule has 0 fully saturated rings. The number of primary sulfonamides is 1. The van der Waals surface area contributed by atoms with E-state index in [9.17, 15) is 8.42 Å². The van der Waals surface area contributed by atoms with Crippen LogP contribution in [-0.2, 0) is 10.0 Å². The van der Waals surface area contributed by atoms with Crippen LogP contribution in [0, 0.1) is 5.41 Å². The number of hydrogen-bond donors (Lipinski definition) is 2. The van der Waals surface area contributed by atoms with Gasteiger partial charge in [-0.15, -0.1) is 0 Å². The molecule has 1 aromatic rings. The molecule has 102 valence electrons. The first-order valence-corrected chi connectivity index (χ1v) is 7.10. The van der Waals surface area contributed by atoms with Crippen molar-refractivity contribution in [1.82, 2.24) is 4.98 Å². The molecule has 4 N–H and O–H groups in total. The SMILES string of the molecule is CN(CC(C)(C)CN)c1ccc(S(N)(=O)=O)cn1. The molecule has 0 spiro atoms. The maximum Gasteiger partial charge on any atom is 0.239 e. The summed E-state index contributed by atoms with van der Waals surface area (Å²) in [5.41, 5.74) is 5.64. The van der Waals surface area contributed by atoms with Gasteiger partial charge in [0.05, 0.1) is 0 Å². The summed E-state index contributed by atoms with van der Waals surface area (Å²) in [4.78, 5) is 6.03. The predicted molar refractivity (Wildman–Crippen MR) is 71.7 cm³/mol. The minimum Gasteiger partial charge on any atom is -0.359 e. The van der Waals surface area contributed by atoms with Crippen molar-refractivity contribution in [3.05, 3.63) is 18.3 Å². The third-order valence-electron chi connectivity index (χ3n) is 2.66. The first-order chi connectivity index (χ1) is 8.15. The topological polar surface area (TPSA) is 102 Å². The molecule has 0 saturated carbocycles. The first-order valence-electron chi connectivity index (χ1n) is 5.56. The second-order valence-electron chi connectivity index (χ2n) is 5.12. The Kier molecular flexibility index (Phi) is 4.31. The summed E-state index contributed by atoms with van der Waals surface area (Å²) in [6, 6.07) is 3.08. The van der Waals surface area contributed by atoms with Gasteiger partial charge in [-0.2, -0.15) is 0 Å². The highest BCUT2D eigenvalue weighted by atomic mass is 32.2.